The highest BCUT2D eigenvalue weighted by atomic mass is 15.3. The molecule has 0 atom stereocenters. The zero-order valence-corrected chi connectivity index (χ0v) is 18.2. The summed E-state index contributed by atoms with van der Waals surface area (Å²) in [6.45, 7) is 5.69. The number of hydrogen-bond acceptors (Lipinski definition) is 6. The van der Waals surface area contributed by atoms with Crippen LogP contribution < -0.4 is 10.2 Å². The molecule has 1 saturated heterocycles. The van der Waals surface area contributed by atoms with Crippen LogP contribution in [0.2, 0.25) is 0 Å². The average Bonchev–Trinajstić information content (AvgIpc) is 2.85. The molecule has 2 aromatic heterocycles. The summed E-state index contributed by atoms with van der Waals surface area (Å²) in [6, 6.07) is 15.0. The van der Waals surface area contributed by atoms with Crippen molar-refractivity contribution < 1.29 is 0 Å². The molecule has 0 amide bonds. The molecule has 1 aliphatic heterocycles. The Morgan fingerprint density at radius 3 is 2.45 bits per heavy atom. The summed E-state index contributed by atoms with van der Waals surface area (Å²) in [5.74, 6) is 2.96. The Kier molecular flexibility index (Phi) is 6.25. The topological polar surface area (TPSA) is 57.2 Å². The van der Waals surface area contributed by atoms with Crippen LogP contribution in [0.3, 0.4) is 0 Å². The standard InChI is InChI=1S/C25H32N6/c1-2-6-23-22(5-1)25(28-19-27-23)29-21-10-8-20(9-11-21)12-14-30-15-17-31(18-16-30)24-7-3-4-13-26-24/h1-7,13,19-21H,8-12,14-18H2,(H,27,28,29)/t20-,21-. The van der Waals surface area contributed by atoms with Crippen molar-refractivity contribution in [1.82, 2.24) is 19.9 Å². The van der Waals surface area contributed by atoms with Gasteiger partial charge < -0.3 is 10.2 Å². The lowest BCUT2D eigenvalue weighted by Gasteiger charge is -2.36. The quantitative estimate of drug-likeness (QED) is 0.650. The lowest BCUT2D eigenvalue weighted by atomic mass is 9.84. The maximum Gasteiger partial charge on any atom is 0.137 e. The third kappa shape index (κ3) is 4.96. The number of para-hydroxylation sites is 1. The molecule has 6 nitrogen and oxygen atoms in total. The first kappa shape index (κ1) is 20.2. The van der Waals surface area contributed by atoms with Gasteiger partial charge in [-0.2, -0.15) is 0 Å². The first-order chi connectivity index (χ1) is 15.3. The lowest BCUT2D eigenvalue weighted by molar-refractivity contribution is 0.218. The molecule has 0 spiro atoms. The number of pyridine rings is 1. The molecule has 1 N–H and O–H groups in total. The van der Waals surface area contributed by atoms with Crippen LogP contribution in [0.4, 0.5) is 11.6 Å². The monoisotopic (exact) mass is 416 g/mol. The minimum absolute atomic E-state index is 0.525. The summed E-state index contributed by atoms with van der Waals surface area (Å²) < 4.78 is 0. The molecule has 3 aromatic rings. The molecule has 1 aromatic carbocycles. The first-order valence-corrected chi connectivity index (χ1v) is 11.7. The molecule has 31 heavy (non-hydrogen) atoms. The molecule has 6 heteroatoms. The van der Waals surface area contributed by atoms with Gasteiger partial charge in [0.25, 0.3) is 0 Å². The minimum Gasteiger partial charge on any atom is -0.367 e. The number of nitrogens with one attached hydrogen (secondary N) is 1. The van der Waals surface area contributed by atoms with Crippen LogP contribution >= 0.6 is 0 Å². The van der Waals surface area contributed by atoms with Gasteiger partial charge in [-0.15, -0.1) is 0 Å². The summed E-state index contributed by atoms with van der Waals surface area (Å²) in [6.07, 6.45) is 9.98. The largest absolute Gasteiger partial charge is 0.367 e. The van der Waals surface area contributed by atoms with Gasteiger partial charge in [-0.3, -0.25) is 4.90 Å². The number of benzene rings is 1. The van der Waals surface area contributed by atoms with Gasteiger partial charge >= 0.3 is 0 Å². The second-order valence-corrected chi connectivity index (χ2v) is 8.91. The predicted octanol–water partition coefficient (Wildman–Crippen LogP) is 4.21. The summed E-state index contributed by atoms with van der Waals surface area (Å²) >= 11 is 0. The van der Waals surface area contributed by atoms with Gasteiger partial charge in [-0.25, -0.2) is 15.0 Å². The number of nitrogens with zero attached hydrogens (tertiary/aromatic N) is 5. The highest BCUT2D eigenvalue weighted by Crippen LogP contribution is 2.30. The van der Waals surface area contributed by atoms with Crippen molar-refractivity contribution in [3.05, 3.63) is 55.0 Å². The maximum absolute atomic E-state index is 4.51. The van der Waals surface area contributed by atoms with Gasteiger partial charge in [-0.05, 0) is 68.8 Å². The number of piperazine rings is 1. The number of aromatic nitrogens is 3. The van der Waals surface area contributed by atoms with Gasteiger partial charge in [-0.1, -0.05) is 18.2 Å². The van der Waals surface area contributed by atoms with Crippen LogP contribution in [-0.4, -0.2) is 58.6 Å². The van der Waals surface area contributed by atoms with E-state index in [4.69, 9.17) is 0 Å². The van der Waals surface area contributed by atoms with E-state index < -0.39 is 0 Å². The molecule has 0 bridgehead atoms. The number of anilines is 2. The van der Waals surface area contributed by atoms with E-state index >= 15 is 0 Å². The molecule has 5 rings (SSSR count). The van der Waals surface area contributed by atoms with Crippen molar-refractivity contribution in [3.8, 4) is 0 Å². The van der Waals surface area contributed by atoms with Crippen molar-refractivity contribution in [3.63, 3.8) is 0 Å². The van der Waals surface area contributed by atoms with Crippen molar-refractivity contribution in [2.24, 2.45) is 5.92 Å². The summed E-state index contributed by atoms with van der Waals surface area (Å²) in [5.41, 5.74) is 1.01. The Morgan fingerprint density at radius 1 is 0.839 bits per heavy atom. The molecule has 1 aliphatic carbocycles. The fraction of sp³-hybridized carbons (Fsp3) is 0.480. The zero-order chi connectivity index (χ0) is 20.9. The molecular formula is C25H32N6. The van der Waals surface area contributed by atoms with Gasteiger partial charge in [0.2, 0.25) is 0 Å². The Bertz CT molecular complexity index is 957. The van der Waals surface area contributed by atoms with Crippen molar-refractivity contribution in [2.45, 2.75) is 38.1 Å². The number of fused-ring (bicyclic) bond motifs is 1. The molecule has 2 fully saturated rings. The number of rotatable bonds is 6. The first-order valence-electron chi connectivity index (χ1n) is 11.7. The van der Waals surface area contributed by atoms with Gasteiger partial charge in [0.1, 0.15) is 18.0 Å². The van der Waals surface area contributed by atoms with Crippen LogP contribution in [-0.2, 0) is 0 Å². The van der Waals surface area contributed by atoms with Crippen LogP contribution in [0.1, 0.15) is 32.1 Å². The van der Waals surface area contributed by atoms with E-state index in [1.165, 1.54) is 38.6 Å². The molecule has 0 unspecified atom stereocenters. The van der Waals surface area contributed by atoms with Gasteiger partial charge in [0, 0.05) is 43.8 Å². The van der Waals surface area contributed by atoms with E-state index in [1.807, 2.05) is 18.3 Å². The van der Waals surface area contributed by atoms with Crippen molar-refractivity contribution in [1.29, 1.82) is 0 Å². The zero-order valence-electron chi connectivity index (χ0n) is 18.2. The van der Waals surface area contributed by atoms with Crippen LogP contribution in [0.15, 0.2) is 55.0 Å². The van der Waals surface area contributed by atoms with Crippen molar-refractivity contribution in [2.75, 3.05) is 42.9 Å². The third-order valence-electron chi connectivity index (χ3n) is 6.93. The van der Waals surface area contributed by atoms with E-state index in [0.717, 1.165) is 54.6 Å². The third-order valence-corrected chi connectivity index (χ3v) is 6.93. The predicted molar refractivity (Wildman–Crippen MR) is 126 cm³/mol. The fourth-order valence-corrected chi connectivity index (χ4v) is 5.02. The molecule has 162 valence electrons. The Balaban J connectivity index is 1.05. The van der Waals surface area contributed by atoms with E-state index in [0.29, 0.717) is 6.04 Å². The van der Waals surface area contributed by atoms with Crippen molar-refractivity contribution >= 4 is 22.5 Å². The summed E-state index contributed by atoms with van der Waals surface area (Å²) in [5, 5.41) is 4.82. The Labute approximate surface area is 184 Å². The van der Waals surface area contributed by atoms with Gasteiger partial charge in [0.05, 0.1) is 5.52 Å². The molecule has 0 radical (unpaired) electrons. The van der Waals surface area contributed by atoms with Crippen LogP contribution in [0, 0.1) is 5.92 Å². The SMILES string of the molecule is c1ccc(N2CCN(CC[C@H]3CC[C@H](Nc4ncnc5ccccc45)CC3)CC2)nc1. The summed E-state index contributed by atoms with van der Waals surface area (Å²) in [7, 11) is 0. The highest BCUT2D eigenvalue weighted by molar-refractivity contribution is 5.88. The normalized spacial score (nSPS) is 22.5. The molecule has 2 aliphatic rings. The Morgan fingerprint density at radius 2 is 1.65 bits per heavy atom. The van der Waals surface area contributed by atoms with E-state index in [1.54, 1.807) is 6.33 Å². The van der Waals surface area contributed by atoms with E-state index in [-0.39, 0.29) is 0 Å². The van der Waals surface area contributed by atoms with Crippen LogP contribution in [0.25, 0.3) is 10.9 Å². The van der Waals surface area contributed by atoms with Gasteiger partial charge in [0.15, 0.2) is 0 Å². The second-order valence-electron chi connectivity index (χ2n) is 8.91. The highest BCUT2D eigenvalue weighted by Gasteiger charge is 2.24. The molecular weight excluding hydrogens is 384 g/mol. The lowest BCUT2D eigenvalue weighted by Crippen LogP contribution is -2.47. The van der Waals surface area contributed by atoms with E-state index in [9.17, 15) is 0 Å². The maximum atomic E-state index is 4.51. The minimum atomic E-state index is 0.525. The van der Waals surface area contributed by atoms with Crippen LogP contribution in [0.5, 0.6) is 0 Å². The molecule has 3 heterocycles. The smallest absolute Gasteiger partial charge is 0.137 e. The van der Waals surface area contributed by atoms with E-state index in [2.05, 4.69) is 60.4 Å². The summed E-state index contributed by atoms with van der Waals surface area (Å²) in [4.78, 5) is 18.4. The Hall–Kier alpha value is -2.73. The fourth-order valence-electron chi connectivity index (χ4n) is 5.02. The second kappa shape index (κ2) is 9.60. The average molecular weight is 417 g/mol. The number of hydrogen-bond donors (Lipinski definition) is 1. The molecule has 1 saturated carbocycles.